The lowest BCUT2D eigenvalue weighted by molar-refractivity contribution is 0.414. The summed E-state index contributed by atoms with van der Waals surface area (Å²) < 4.78 is 27.4. The molecule has 4 nitrogen and oxygen atoms in total. The average molecular weight is 292 g/mol. The van der Waals surface area contributed by atoms with Crippen LogP contribution in [-0.2, 0) is 10.0 Å². The van der Waals surface area contributed by atoms with E-state index in [0.29, 0.717) is 29.5 Å². The predicted octanol–water partition coefficient (Wildman–Crippen LogP) is 2.58. The van der Waals surface area contributed by atoms with Crippen LogP contribution in [0.5, 0.6) is 0 Å². The molecule has 2 rings (SSSR count). The third-order valence-electron chi connectivity index (χ3n) is 4.18. The van der Waals surface area contributed by atoms with Gasteiger partial charge in [-0.05, 0) is 42.9 Å². The summed E-state index contributed by atoms with van der Waals surface area (Å²) in [6.45, 7) is 4.40. The van der Waals surface area contributed by atoms with Gasteiger partial charge in [0, 0.05) is 6.54 Å². The highest BCUT2D eigenvalue weighted by Crippen LogP contribution is 2.30. The van der Waals surface area contributed by atoms with Crippen molar-refractivity contribution in [1.82, 2.24) is 4.72 Å². The first-order valence-electron chi connectivity index (χ1n) is 6.94. The Hall–Kier alpha value is -1.38. The van der Waals surface area contributed by atoms with Crippen LogP contribution in [0, 0.1) is 30.1 Å². The van der Waals surface area contributed by atoms with E-state index in [1.165, 1.54) is 18.9 Å². The molecule has 0 amide bonds. The molecule has 20 heavy (non-hydrogen) atoms. The van der Waals surface area contributed by atoms with E-state index in [1.54, 1.807) is 19.1 Å². The maximum atomic E-state index is 12.4. The van der Waals surface area contributed by atoms with E-state index in [0.717, 1.165) is 6.42 Å². The number of nitrogens with zero attached hydrogens (tertiary/aromatic N) is 1. The molecule has 1 fully saturated rings. The summed E-state index contributed by atoms with van der Waals surface area (Å²) in [7, 11) is -3.54. The van der Waals surface area contributed by atoms with Gasteiger partial charge in [0.15, 0.2) is 0 Å². The molecule has 0 aliphatic heterocycles. The van der Waals surface area contributed by atoms with Crippen LogP contribution in [-0.4, -0.2) is 15.0 Å². The smallest absolute Gasteiger partial charge is 0.211 e. The molecular weight excluding hydrogens is 272 g/mol. The molecule has 108 valence electrons. The summed E-state index contributed by atoms with van der Waals surface area (Å²) >= 11 is 0. The molecule has 1 N–H and O–H groups in total. The second kappa shape index (κ2) is 5.94. The minimum atomic E-state index is -3.54. The van der Waals surface area contributed by atoms with E-state index >= 15 is 0 Å². The lowest BCUT2D eigenvalue weighted by Crippen LogP contribution is -2.30. The van der Waals surface area contributed by atoms with Crippen molar-refractivity contribution < 1.29 is 8.42 Å². The summed E-state index contributed by atoms with van der Waals surface area (Å²) in [5, 5.41) is 8.89. The number of hydrogen-bond acceptors (Lipinski definition) is 3. The first-order chi connectivity index (χ1) is 9.44. The fourth-order valence-corrected chi connectivity index (χ4v) is 4.14. The number of benzene rings is 1. The first-order valence-corrected chi connectivity index (χ1v) is 8.43. The SMILES string of the molecule is Cc1ccc(C#N)cc1S(=O)(=O)NCC1CCCC1C. The van der Waals surface area contributed by atoms with Crippen LogP contribution in [0.4, 0.5) is 0 Å². The Morgan fingerprint density at radius 2 is 2.15 bits per heavy atom. The van der Waals surface area contributed by atoms with Crippen molar-refractivity contribution in [3.8, 4) is 6.07 Å². The van der Waals surface area contributed by atoms with Gasteiger partial charge in [0.05, 0.1) is 16.5 Å². The maximum absolute atomic E-state index is 12.4. The summed E-state index contributed by atoms with van der Waals surface area (Å²) in [4.78, 5) is 0.210. The Balaban J connectivity index is 2.16. The van der Waals surface area contributed by atoms with Crippen molar-refractivity contribution in [2.75, 3.05) is 6.54 Å². The minimum absolute atomic E-state index is 0.210. The zero-order chi connectivity index (χ0) is 14.8. The van der Waals surface area contributed by atoms with Gasteiger partial charge in [-0.25, -0.2) is 13.1 Å². The molecule has 1 saturated carbocycles. The van der Waals surface area contributed by atoms with Crippen LogP contribution in [0.15, 0.2) is 23.1 Å². The summed E-state index contributed by atoms with van der Waals surface area (Å²) in [6.07, 6.45) is 3.44. The quantitative estimate of drug-likeness (QED) is 0.927. The monoisotopic (exact) mass is 292 g/mol. The lowest BCUT2D eigenvalue weighted by Gasteiger charge is -2.16. The van der Waals surface area contributed by atoms with Gasteiger partial charge in [-0.3, -0.25) is 0 Å². The van der Waals surface area contributed by atoms with Crippen LogP contribution in [0.3, 0.4) is 0 Å². The Morgan fingerprint density at radius 3 is 2.75 bits per heavy atom. The Labute approximate surface area is 120 Å². The Bertz CT molecular complexity index is 632. The molecule has 1 aliphatic rings. The molecule has 0 radical (unpaired) electrons. The van der Waals surface area contributed by atoms with Crippen molar-refractivity contribution in [1.29, 1.82) is 5.26 Å². The molecule has 5 heteroatoms. The second-order valence-corrected chi connectivity index (χ2v) is 7.35. The highest BCUT2D eigenvalue weighted by molar-refractivity contribution is 7.89. The summed E-state index contributed by atoms with van der Waals surface area (Å²) in [5.74, 6) is 0.994. The van der Waals surface area contributed by atoms with E-state index in [2.05, 4.69) is 11.6 Å². The summed E-state index contributed by atoms with van der Waals surface area (Å²) in [5.41, 5.74) is 1.03. The van der Waals surface area contributed by atoms with Crippen LogP contribution in [0.1, 0.15) is 37.3 Å². The number of rotatable bonds is 4. The molecule has 0 saturated heterocycles. The van der Waals surface area contributed by atoms with Gasteiger partial charge in [0.2, 0.25) is 10.0 Å². The van der Waals surface area contributed by atoms with Gasteiger partial charge >= 0.3 is 0 Å². The zero-order valence-corrected chi connectivity index (χ0v) is 12.7. The largest absolute Gasteiger partial charge is 0.240 e. The van der Waals surface area contributed by atoms with Gasteiger partial charge in [0.25, 0.3) is 0 Å². The third-order valence-corrected chi connectivity index (χ3v) is 5.75. The zero-order valence-electron chi connectivity index (χ0n) is 11.9. The normalized spacial score (nSPS) is 22.6. The van der Waals surface area contributed by atoms with Crippen LogP contribution in [0.25, 0.3) is 0 Å². The van der Waals surface area contributed by atoms with E-state index in [4.69, 9.17) is 5.26 Å². The number of hydrogen-bond donors (Lipinski definition) is 1. The molecule has 0 spiro atoms. The fourth-order valence-electron chi connectivity index (χ4n) is 2.78. The molecular formula is C15H20N2O2S. The van der Waals surface area contributed by atoms with Crippen molar-refractivity contribution in [2.24, 2.45) is 11.8 Å². The standard InChI is InChI=1S/C15H20N2O2S/c1-11-4-3-5-14(11)10-17-20(18,19)15-8-13(9-16)7-6-12(15)2/h6-8,11,14,17H,3-5,10H2,1-2H3. The Kier molecular flexibility index (Phi) is 4.46. The van der Waals surface area contributed by atoms with Gasteiger partial charge in [-0.1, -0.05) is 25.8 Å². The Morgan fingerprint density at radius 1 is 1.40 bits per heavy atom. The number of nitrogens with one attached hydrogen (secondary N) is 1. The molecule has 1 aromatic rings. The van der Waals surface area contributed by atoms with E-state index in [1.807, 2.05) is 6.07 Å². The van der Waals surface area contributed by atoms with Crippen LogP contribution in [0.2, 0.25) is 0 Å². The van der Waals surface area contributed by atoms with Gasteiger partial charge in [0.1, 0.15) is 0 Å². The van der Waals surface area contributed by atoms with Gasteiger partial charge < -0.3 is 0 Å². The van der Waals surface area contributed by atoms with Crippen molar-refractivity contribution >= 4 is 10.0 Å². The first kappa shape index (κ1) is 15.0. The molecule has 0 heterocycles. The minimum Gasteiger partial charge on any atom is -0.211 e. The molecule has 0 aromatic heterocycles. The lowest BCUT2D eigenvalue weighted by atomic mass is 9.99. The predicted molar refractivity (Wildman–Crippen MR) is 77.6 cm³/mol. The molecule has 2 unspecified atom stereocenters. The van der Waals surface area contributed by atoms with E-state index in [-0.39, 0.29) is 4.90 Å². The average Bonchev–Trinajstić information content (AvgIpc) is 2.82. The van der Waals surface area contributed by atoms with Crippen molar-refractivity contribution in [3.05, 3.63) is 29.3 Å². The van der Waals surface area contributed by atoms with E-state index < -0.39 is 10.0 Å². The number of sulfonamides is 1. The third kappa shape index (κ3) is 3.20. The summed E-state index contributed by atoms with van der Waals surface area (Å²) in [6, 6.07) is 6.72. The topological polar surface area (TPSA) is 70.0 Å². The second-order valence-electron chi connectivity index (χ2n) is 5.61. The fraction of sp³-hybridized carbons (Fsp3) is 0.533. The molecule has 1 aliphatic carbocycles. The highest BCUT2D eigenvalue weighted by Gasteiger charge is 2.26. The number of nitriles is 1. The van der Waals surface area contributed by atoms with Crippen molar-refractivity contribution in [3.63, 3.8) is 0 Å². The maximum Gasteiger partial charge on any atom is 0.240 e. The highest BCUT2D eigenvalue weighted by atomic mass is 32.2. The van der Waals surface area contributed by atoms with Gasteiger partial charge in [-0.15, -0.1) is 0 Å². The van der Waals surface area contributed by atoms with E-state index in [9.17, 15) is 8.42 Å². The van der Waals surface area contributed by atoms with Crippen LogP contribution >= 0.6 is 0 Å². The molecule has 1 aromatic carbocycles. The molecule has 2 atom stereocenters. The molecule has 0 bridgehead atoms. The van der Waals surface area contributed by atoms with Crippen LogP contribution < -0.4 is 4.72 Å². The van der Waals surface area contributed by atoms with Crippen molar-refractivity contribution in [2.45, 2.75) is 38.0 Å². The van der Waals surface area contributed by atoms with Gasteiger partial charge in [-0.2, -0.15) is 5.26 Å². The number of aryl methyl sites for hydroxylation is 1.